The molecule has 0 amide bonds. The third-order valence-corrected chi connectivity index (χ3v) is 3.18. The summed E-state index contributed by atoms with van der Waals surface area (Å²) in [5.41, 5.74) is 7.66. The van der Waals surface area contributed by atoms with Gasteiger partial charge in [0.25, 0.3) is 0 Å². The van der Waals surface area contributed by atoms with Crippen molar-refractivity contribution in [2.75, 3.05) is 12.3 Å². The number of benzene rings is 1. The van der Waals surface area contributed by atoms with Crippen LogP contribution in [0.1, 0.15) is 24.7 Å². The van der Waals surface area contributed by atoms with Crippen molar-refractivity contribution in [2.45, 2.75) is 27.2 Å². The lowest BCUT2D eigenvalue weighted by Crippen LogP contribution is -2.01. The van der Waals surface area contributed by atoms with Gasteiger partial charge in [-0.2, -0.15) is 5.10 Å². The van der Waals surface area contributed by atoms with E-state index in [2.05, 4.69) is 5.10 Å². The van der Waals surface area contributed by atoms with Crippen LogP contribution in [0.3, 0.4) is 0 Å². The maximum absolute atomic E-state index is 13.8. The fourth-order valence-corrected chi connectivity index (χ4v) is 1.97. The molecule has 0 aliphatic rings. The van der Waals surface area contributed by atoms with Crippen molar-refractivity contribution >= 4 is 5.69 Å². The van der Waals surface area contributed by atoms with Crippen molar-refractivity contribution in [3.8, 4) is 17.2 Å². The van der Waals surface area contributed by atoms with Crippen molar-refractivity contribution in [3.05, 3.63) is 29.3 Å². The monoisotopic (exact) mass is 293 g/mol. The predicted octanol–water partition coefficient (Wildman–Crippen LogP) is 3.34. The summed E-state index contributed by atoms with van der Waals surface area (Å²) in [5, 5.41) is 4.27. The number of hydrogen-bond donors (Lipinski definition) is 1. The van der Waals surface area contributed by atoms with Crippen molar-refractivity contribution in [1.29, 1.82) is 0 Å². The van der Waals surface area contributed by atoms with E-state index in [1.54, 1.807) is 4.68 Å². The zero-order valence-electron chi connectivity index (χ0n) is 12.7. The summed E-state index contributed by atoms with van der Waals surface area (Å²) >= 11 is 0. The molecule has 114 valence electrons. The van der Waals surface area contributed by atoms with Gasteiger partial charge in [-0.1, -0.05) is 6.92 Å². The van der Waals surface area contributed by atoms with Gasteiger partial charge in [-0.3, -0.25) is 4.68 Å². The van der Waals surface area contributed by atoms with Crippen LogP contribution in [-0.2, 0) is 7.05 Å². The largest absolute Gasteiger partial charge is 0.490 e. The molecule has 0 fully saturated rings. The summed E-state index contributed by atoms with van der Waals surface area (Å²) in [4.78, 5) is 0. The minimum Gasteiger partial charge on any atom is -0.490 e. The summed E-state index contributed by atoms with van der Waals surface area (Å²) in [7, 11) is 1.83. The van der Waals surface area contributed by atoms with E-state index in [1.165, 1.54) is 12.1 Å². The molecule has 5 nitrogen and oxygen atoms in total. The van der Waals surface area contributed by atoms with Crippen LogP contribution < -0.4 is 15.2 Å². The Morgan fingerprint density at radius 3 is 2.57 bits per heavy atom. The molecule has 21 heavy (non-hydrogen) atoms. The van der Waals surface area contributed by atoms with Crippen LogP contribution in [0, 0.1) is 19.7 Å². The minimum atomic E-state index is -0.493. The molecule has 0 saturated carbocycles. The second-order valence-electron chi connectivity index (χ2n) is 4.89. The van der Waals surface area contributed by atoms with Gasteiger partial charge in [0.2, 0.25) is 0 Å². The first-order valence-electron chi connectivity index (χ1n) is 6.83. The van der Waals surface area contributed by atoms with Crippen molar-refractivity contribution in [2.24, 2.45) is 7.05 Å². The normalized spacial score (nSPS) is 10.7. The molecular formula is C15H20FN3O2. The second-order valence-corrected chi connectivity index (χ2v) is 4.89. The van der Waals surface area contributed by atoms with Gasteiger partial charge < -0.3 is 15.2 Å². The van der Waals surface area contributed by atoms with Crippen LogP contribution in [0.25, 0.3) is 0 Å². The Morgan fingerprint density at radius 2 is 2.00 bits per heavy atom. The van der Waals surface area contributed by atoms with Gasteiger partial charge in [0.1, 0.15) is 5.69 Å². The maximum Gasteiger partial charge on any atom is 0.171 e. The van der Waals surface area contributed by atoms with Crippen LogP contribution in [0.15, 0.2) is 12.1 Å². The third-order valence-electron chi connectivity index (χ3n) is 3.18. The van der Waals surface area contributed by atoms with Gasteiger partial charge in [-0.15, -0.1) is 0 Å². The summed E-state index contributed by atoms with van der Waals surface area (Å²) in [5.74, 6) is 0.632. The molecule has 1 heterocycles. The molecule has 0 atom stereocenters. The Kier molecular flexibility index (Phi) is 4.35. The number of aryl methyl sites for hydroxylation is 2. The Morgan fingerprint density at radius 1 is 1.29 bits per heavy atom. The number of nitrogens with zero attached hydrogens (tertiary/aromatic N) is 2. The third kappa shape index (κ3) is 3.09. The lowest BCUT2D eigenvalue weighted by Gasteiger charge is -2.12. The zero-order valence-corrected chi connectivity index (χ0v) is 12.7. The summed E-state index contributed by atoms with van der Waals surface area (Å²) < 4.78 is 26.7. The van der Waals surface area contributed by atoms with Gasteiger partial charge in [-0.25, -0.2) is 4.39 Å². The van der Waals surface area contributed by atoms with E-state index >= 15 is 0 Å². The zero-order chi connectivity index (χ0) is 15.6. The highest BCUT2D eigenvalue weighted by molar-refractivity contribution is 5.58. The van der Waals surface area contributed by atoms with Crippen molar-refractivity contribution in [3.63, 3.8) is 0 Å². The van der Waals surface area contributed by atoms with Gasteiger partial charge >= 0.3 is 0 Å². The smallest absolute Gasteiger partial charge is 0.171 e. The Hall–Kier alpha value is -2.24. The van der Waals surface area contributed by atoms with Gasteiger partial charge in [-0.05, 0) is 20.3 Å². The lowest BCUT2D eigenvalue weighted by molar-refractivity contribution is 0.299. The summed E-state index contributed by atoms with van der Waals surface area (Å²) in [6, 6.07) is 2.69. The average Bonchev–Trinajstić information content (AvgIpc) is 2.66. The number of nitrogens with two attached hydrogens (primary N) is 1. The molecule has 0 bridgehead atoms. The first kappa shape index (κ1) is 15.2. The maximum atomic E-state index is 13.8. The second kappa shape index (κ2) is 6.03. The van der Waals surface area contributed by atoms with E-state index in [0.29, 0.717) is 18.1 Å². The van der Waals surface area contributed by atoms with E-state index in [-0.39, 0.29) is 11.4 Å². The van der Waals surface area contributed by atoms with E-state index in [0.717, 1.165) is 17.8 Å². The minimum absolute atomic E-state index is 0.139. The summed E-state index contributed by atoms with van der Waals surface area (Å²) in [6.07, 6.45) is 0.792. The molecule has 2 aromatic rings. The Balaban J connectivity index is 2.35. The van der Waals surface area contributed by atoms with E-state index < -0.39 is 5.82 Å². The van der Waals surface area contributed by atoms with Crippen LogP contribution in [0.2, 0.25) is 0 Å². The number of nitrogen functional groups attached to an aromatic ring is 1. The van der Waals surface area contributed by atoms with Crippen LogP contribution in [0.4, 0.5) is 10.1 Å². The van der Waals surface area contributed by atoms with Gasteiger partial charge in [0, 0.05) is 19.2 Å². The highest BCUT2D eigenvalue weighted by Crippen LogP contribution is 2.35. The topological polar surface area (TPSA) is 62.3 Å². The molecule has 2 rings (SSSR count). The molecule has 0 saturated heterocycles. The highest BCUT2D eigenvalue weighted by Gasteiger charge is 2.16. The molecule has 0 unspecified atom stereocenters. The molecule has 0 spiro atoms. The van der Waals surface area contributed by atoms with Crippen molar-refractivity contribution in [1.82, 2.24) is 9.78 Å². The number of halogens is 1. The number of hydrogen-bond acceptors (Lipinski definition) is 4. The Labute approximate surface area is 123 Å². The molecule has 2 N–H and O–H groups in total. The first-order chi connectivity index (χ1) is 9.93. The number of rotatable bonds is 5. The molecule has 6 heteroatoms. The fraction of sp³-hybridized carbons (Fsp3) is 0.400. The molecule has 0 aliphatic heterocycles. The average molecular weight is 293 g/mol. The predicted molar refractivity (Wildman–Crippen MR) is 79.4 cm³/mol. The van der Waals surface area contributed by atoms with Gasteiger partial charge in [0.05, 0.1) is 18.0 Å². The van der Waals surface area contributed by atoms with Gasteiger partial charge in [0.15, 0.2) is 23.1 Å². The number of aromatic nitrogens is 2. The molecule has 0 aliphatic carbocycles. The van der Waals surface area contributed by atoms with E-state index in [4.69, 9.17) is 15.2 Å². The summed E-state index contributed by atoms with van der Waals surface area (Å²) in [6.45, 7) is 6.13. The van der Waals surface area contributed by atoms with E-state index in [1.807, 2.05) is 27.8 Å². The molecule has 1 aromatic heterocycles. The standard InChI is InChI=1S/C15H20FN3O2/c1-5-6-20-13-8-14(12(17)7-11(13)16)21-15-9(2)18-19(4)10(15)3/h7-8H,5-6,17H2,1-4H3. The molecule has 0 radical (unpaired) electrons. The van der Waals surface area contributed by atoms with Crippen LogP contribution in [-0.4, -0.2) is 16.4 Å². The number of anilines is 1. The fourth-order valence-electron chi connectivity index (χ4n) is 1.97. The highest BCUT2D eigenvalue weighted by atomic mass is 19.1. The number of ether oxygens (including phenoxy) is 2. The molecular weight excluding hydrogens is 273 g/mol. The van der Waals surface area contributed by atoms with E-state index in [9.17, 15) is 4.39 Å². The van der Waals surface area contributed by atoms with Crippen LogP contribution >= 0.6 is 0 Å². The van der Waals surface area contributed by atoms with Crippen molar-refractivity contribution < 1.29 is 13.9 Å². The van der Waals surface area contributed by atoms with Crippen LogP contribution in [0.5, 0.6) is 17.2 Å². The molecule has 1 aromatic carbocycles. The Bertz CT molecular complexity index is 653. The quantitative estimate of drug-likeness (QED) is 0.859. The SMILES string of the molecule is CCCOc1cc(Oc2c(C)nn(C)c2C)c(N)cc1F. The first-order valence-corrected chi connectivity index (χ1v) is 6.83. The lowest BCUT2D eigenvalue weighted by atomic mass is 10.2.